The van der Waals surface area contributed by atoms with Crippen LogP contribution in [0.1, 0.15) is 26.7 Å². The van der Waals surface area contributed by atoms with Crippen molar-refractivity contribution >= 4 is 32.7 Å². The maximum atomic E-state index is 10.3. The van der Waals surface area contributed by atoms with E-state index in [2.05, 4.69) is 31.2 Å². The zero-order valence-corrected chi connectivity index (χ0v) is 12.7. The highest BCUT2D eigenvalue weighted by molar-refractivity contribution is 9.10. The molecule has 2 N–H and O–H groups in total. The van der Waals surface area contributed by atoms with Crippen LogP contribution in [0.4, 0.5) is 5.69 Å². The summed E-state index contributed by atoms with van der Waals surface area (Å²) in [7, 11) is 0. The number of aromatic nitrogens is 2. The molecule has 2 aromatic rings. The third-order valence-electron chi connectivity index (χ3n) is 3.47. The summed E-state index contributed by atoms with van der Waals surface area (Å²) < 4.78 is 0.906. The Kier molecular flexibility index (Phi) is 4.37. The summed E-state index contributed by atoms with van der Waals surface area (Å²) >= 11 is 3.39. The van der Waals surface area contributed by atoms with Crippen molar-refractivity contribution in [3.63, 3.8) is 0 Å². The van der Waals surface area contributed by atoms with Gasteiger partial charge in [0.25, 0.3) is 0 Å². The Hall–Kier alpha value is -1.20. The van der Waals surface area contributed by atoms with E-state index in [9.17, 15) is 5.11 Å². The molecule has 0 saturated carbocycles. The normalized spacial score (nSPS) is 11.8. The van der Waals surface area contributed by atoms with Crippen LogP contribution in [0.15, 0.2) is 29.0 Å². The van der Waals surface area contributed by atoms with Gasteiger partial charge in [-0.15, -0.1) is 0 Å². The molecule has 0 fully saturated rings. The highest BCUT2D eigenvalue weighted by atomic mass is 79.9. The van der Waals surface area contributed by atoms with Crippen LogP contribution in [0.5, 0.6) is 0 Å². The number of anilines is 1. The van der Waals surface area contributed by atoms with Gasteiger partial charge in [0.15, 0.2) is 0 Å². The number of pyridine rings is 2. The maximum absolute atomic E-state index is 10.3. The van der Waals surface area contributed by atoms with Gasteiger partial charge in [-0.05, 0) is 40.9 Å². The average Bonchev–Trinajstić information content (AvgIpc) is 2.44. The van der Waals surface area contributed by atoms with Crippen molar-refractivity contribution < 1.29 is 5.11 Å². The Bertz CT molecular complexity index is 570. The number of aliphatic hydroxyl groups is 1. The topological polar surface area (TPSA) is 58.0 Å². The summed E-state index contributed by atoms with van der Waals surface area (Å²) in [6, 6.07) is 3.81. The number of hydrogen-bond donors (Lipinski definition) is 2. The summed E-state index contributed by atoms with van der Waals surface area (Å²) in [6.45, 7) is 4.49. The van der Waals surface area contributed by atoms with Gasteiger partial charge < -0.3 is 10.4 Å². The van der Waals surface area contributed by atoms with Gasteiger partial charge in [-0.3, -0.25) is 9.97 Å². The van der Waals surface area contributed by atoms with Crippen LogP contribution in [0.2, 0.25) is 0 Å². The van der Waals surface area contributed by atoms with Crippen LogP contribution in [-0.2, 0) is 0 Å². The Morgan fingerprint density at radius 1 is 1.32 bits per heavy atom. The molecule has 0 aromatic carbocycles. The molecule has 0 spiro atoms. The third kappa shape index (κ3) is 3.22. The molecule has 102 valence electrons. The Labute approximate surface area is 121 Å². The lowest BCUT2D eigenvalue weighted by atomic mass is 9.97. The van der Waals surface area contributed by atoms with E-state index in [-0.39, 0.29) is 0 Å². The van der Waals surface area contributed by atoms with Gasteiger partial charge in [0.05, 0.1) is 16.8 Å². The first-order valence-electron chi connectivity index (χ1n) is 6.44. The second-order valence-corrected chi connectivity index (χ2v) is 5.58. The lowest BCUT2D eigenvalue weighted by Crippen LogP contribution is -2.35. The van der Waals surface area contributed by atoms with Crippen molar-refractivity contribution in [2.24, 2.45) is 0 Å². The van der Waals surface area contributed by atoms with Crippen LogP contribution in [-0.4, -0.2) is 27.2 Å². The Balaban J connectivity index is 2.26. The molecule has 5 heteroatoms. The van der Waals surface area contributed by atoms with Gasteiger partial charge in [0.2, 0.25) is 0 Å². The SMILES string of the molecule is CCC(O)(CC)CNc1ccnc2cc(Br)cnc12. The molecule has 19 heavy (non-hydrogen) atoms. The van der Waals surface area contributed by atoms with Crippen LogP contribution < -0.4 is 5.32 Å². The fourth-order valence-corrected chi connectivity index (χ4v) is 2.23. The second kappa shape index (κ2) is 5.84. The van der Waals surface area contributed by atoms with E-state index in [1.54, 1.807) is 12.4 Å². The zero-order chi connectivity index (χ0) is 13.9. The minimum absolute atomic E-state index is 0.511. The number of hydrogen-bond acceptors (Lipinski definition) is 4. The quantitative estimate of drug-likeness (QED) is 0.885. The van der Waals surface area contributed by atoms with Crippen LogP contribution in [0.3, 0.4) is 0 Å². The highest BCUT2D eigenvalue weighted by Gasteiger charge is 2.22. The number of fused-ring (bicyclic) bond motifs is 1. The van der Waals surface area contributed by atoms with Gasteiger partial charge >= 0.3 is 0 Å². The highest BCUT2D eigenvalue weighted by Crippen LogP contribution is 2.23. The van der Waals surface area contributed by atoms with E-state index >= 15 is 0 Å². The van der Waals surface area contributed by atoms with Crippen molar-refractivity contribution in [1.29, 1.82) is 0 Å². The monoisotopic (exact) mass is 323 g/mol. The summed E-state index contributed by atoms with van der Waals surface area (Å²) in [5.74, 6) is 0. The van der Waals surface area contributed by atoms with Gasteiger partial charge in [-0.25, -0.2) is 0 Å². The summed E-state index contributed by atoms with van der Waals surface area (Å²) in [6.07, 6.45) is 4.94. The van der Waals surface area contributed by atoms with Crippen molar-refractivity contribution in [1.82, 2.24) is 9.97 Å². The molecule has 0 atom stereocenters. The first-order chi connectivity index (χ1) is 9.08. The molecule has 0 aliphatic rings. The van der Waals surface area contributed by atoms with Crippen LogP contribution >= 0.6 is 15.9 Å². The minimum atomic E-state index is -0.676. The van der Waals surface area contributed by atoms with E-state index in [0.717, 1.165) is 34.0 Å². The first-order valence-corrected chi connectivity index (χ1v) is 7.24. The first kappa shape index (κ1) is 14.2. The average molecular weight is 324 g/mol. The minimum Gasteiger partial charge on any atom is -0.388 e. The Morgan fingerprint density at radius 2 is 2.05 bits per heavy atom. The summed E-state index contributed by atoms with van der Waals surface area (Å²) in [4.78, 5) is 8.67. The van der Waals surface area contributed by atoms with Gasteiger partial charge in [0.1, 0.15) is 5.52 Å². The fraction of sp³-hybridized carbons (Fsp3) is 0.429. The van der Waals surface area contributed by atoms with Crippen molar-refractivity contribution in [3.8, 4) is 0 Å². The molecule has 0 amide bonds. The molecule has 0 radical (unpaired) electrons. The molecule has 2 aromatic heterocycles. The predicted molar refractivity (Wildman–Crippen MR) is 81.3 cm³/mol. The predicted octanol–water partition coefficient (Wildman–Crippen LogP) is 3.36. The lowest BCUT2D eigenvalue weighted by Gasteiger charge is -2.26. The number of nitrogens with one attached hydrogen (secondary N) is 1. The van der Waals surface area contributed by atoms with Gasteiger partial charge in [-0.1, -0.05) is 13.8 Å². The van der Waals surface area contributed by atoms with E-state index in [1.807, 2.05) is 26.0 Å². The van der Waals surface area contributed by atoms with Gasteiger partial charge in [-0.2, -0.15) is 0 Å². The molecule has 4 nitrogen and oxygen atoms in total. The largest absolute Gasteiger partial charge is 0.388 e. The molecule has 0 bridgehead atoms. The maximum Gasteiger partial charge on any atom is 0.112 e. The Morgan fingerprint density at radius 3 is 2.74 bits per heavy atom. The number of halogens is 1. The molecular formula is C14H18BrN3O. The van der Waals surface area contributed by atoms with Crippen LogP contribution in [0.25, 0.3) is 11.0 Å². The molecular weight excluding hydrogens is 306 g/mol. The van der Waals surface area contributed by atoms with Gasteiger partial charge in [0, 0.05) is 23.4 Å². The number of nitrogens with zero attached hydrogens (tertiary/aromatic N) is 2. The standard InChI is InChI=1S/C14H18BrN3O/c1-3-14(19,4-2)9-18-11-5-6-16-12-7-10(15)8-17-13(11)12/h5-8,19H,3-4,9H2,1-2H3,(H,16,18). The smallest absolute Gasteiger partial charge is 0.112 e. The third-order valence-corrected chi connectivity index (χ3v) is 3.90. The molecule has 0 aliphatic carbocycles. The van der Waals surface area contributed by atoms with Crippen molar-refractivity contribution in [2.75, 3.05) is 11.9 Å². The molecule has 2 rings (SSSR count). The fourth-order valence-electron chi connectivity index (χ4n) is 1.91. The summed E-state index contributed by atoms with van der Waals surface area (Å²) in [5.41, 5.74) is 1.87. The van der Waals surface area contributed by atoms with Crippen molar-refractivity contribution in [2.45, 2.75) is 32.3 Å². The van der Waals surface area contributed by atoms with E-state index in [4.69, 9.17) is 0 Å². The number of rotatable bonds is 5. The molecule has 2 heterocycles. The van der Waals surface area contributed by atoms with E-state index in [0.29, 0.717) is 6.54 Å². The molecule has 0 aliphatic heterocycles. The zero-order valence-electron chi connectivity index (χ0n) is 11.2. The van der Waals surface area contributed by atoms with E-state index < -0.39 is 5.60 Å². The van der Waals surface area contributed by atoms with Crippen molar-refractivity contribution in [3.05, 3.63) is 29.0 Å². The second-order valence-electron chi connectivity index (χ2n) is 4.66. The van der Waals surface area contributed by atoms with Crippen LogP contribution in [0, 0.1) is 0 Å². The molecule has 0 saturated heterocycles. The lowest BCUT2D eigenvalue weighted by molar-refractivity contribution is 0.0457. The summed E-state index contributed by atoms with van der Waals surface area (Å²) in [5, 5.41) is 13.6. The molecule has 0 unspecified atom stereocenters. The van der Waals surface area contributed by atoms with E-state index in [1.165, 1.54) is 0 Å².